The van der Waals surface area contributed by atoms with Crippen LogP contribution in [0.5, 0.6) is 0 Å². The average molecular weight is 267 g/mol. The highest BCUT2D eigenvalue weighted by Crippen LogP contribution is 2.31. The Morgan fingerprint density at radius 1 is 1.28 bits per heavy atom. The Balaban J connectivity index is 2.44. The summed E-state index contributed by atoms with van der Waals surface area (Å²) in [6, 6.07) is 6.23. The number of amides is 1. The third-order valence-electron chi connectivity index (χ3n) is 3.04. The van der Waals surface area contributed by atoms with Crippen molar-refractivity contribution in [3.63, 3.8) is 0 Å². The molecule has 0 bridgehead atoms. The van der Waals surface area contributed by atoms with Crippen LogP contribution in [0.25, 0.3) is 0 Å². The second-order valence-electron chi connectivity index (χ2n) is 4.26. The maximum Gasteiger partial charge on any atom is 0.224 e. The molecule has 96 valence electrons. The molecule has 1 aliphatic heterocycles. The molecular weight excluding hydrogens is 254 g/mol. The van der Waals surface area contributed by atoms with Gasteiger partial charge in [-0.1, -0.05) is 24.3 Å². The lowest BCUT2D eigenvalue weighted by atomic mass is 10.1. The van der Waals surface area contributed by atoms with E-state index in [-0.39, 0.29) is 18.1 Å². The number of carbonyl (C=O) groups is 2. The molecule has 1 atom stereocenters. The van der Waals surface area contributed by atoms with E-state index in [2.05, 4.69) is 0 Å². The first-order valence-electron chi connectivity index (χ1n) is 5.48. The summed E-state index contributed by atoms with van der Waals surface area (Å²) in [5.41, 5.74) is 0.983. The Kier molecular flexibility index (Phi) is 3.21. The maximum atomic E-state index is 12.0. The number of hydrogen-bond acceptors (Lipinski definition) is 4. The van der Waals surface area contributed by atoms with Gasteiger partial charge in [0.1, 0.15) is 6.29 Å². The van der Waals surface area contributed by atoms with E-state index in [1.54, 1.807) is 24.3 Å². The van der Waals surface area contributed by atoms with Crippen LogP contribution in [-0.4, -0.2) is 38.3 Å². The van der Waals surface area contributed by atoms with Gasteiger partial charge in [-0.3, -0.25) is 9.59 Å². The third-order valence-corrected chi connectivity index (χ3v) is 5.09. The molecule has 1 fully saturated rings. The molecule has 0 radical (unpaired) electrons. The van der Waals surface area contributed by atoms with Crippen LogP contribution in [0.3, 0.4) is 0 Å². The quantitative estimate of drug-likeness (QED) is 0.742. The molecule has 0 aromatic heterocycles. The second kappa shape index (κ2) is 4.53. The molecule has 1 amide bonds. The van der Waals surface area contributed by atoms with E-state index in [9.17, 15) is 18.0 Å². The average Bonchev–Trinajstić information content (AvgIpc) is 2.35. The van der Waals surface area contributed by atoms with Gasteiger partial charge >= 0.3 is 0 Å². The topological polar surface area (TPSA) is 71.5 Å². The summed E-state index contributed by atoms with van der Waals surface area (Å²) in [4.78, 5) is 23.4. The van der Waals surface area contributed by atoms with Crippen molar-refractivity contribution in [3.8, 4) is 0 Å². The number of sulfone groups is 1. The highest BCUT2D eigenvalue weighted by Gasteiger charge is 2.38. The summed E-state index contributed by atoms with van der Waals surface area (Å²) in [6.45, 7) is 0. The van der Waals surface area contributed by atoms with Crippen LogP contribution in [0.15, 0.2) is 24.3 Å². The second-order valence-corrected chi connectivity index (χ2v) is 6.44. The minimum atomic E-state index is -3.36. The Labute approximate surface area is 105 Å². The van der Waals surface area contributed by atoms with Crippen molar-refractivity contribution >= 4 is 22.0 Å². The van der Waals surface area contributed by atoms with E-state index in [4.69, 9.17) is 0 Å². The number of benzene rings is 1. The van der Waals surface area contributed by atoms with Gasteiger partial charge in [-0.25, -0.2) is 8.42 Å². The standard InChI is InChI=1S/C12H13NO4S/c1-13-11(15)6-7-18(16,17)12(13)10-4-2-9(8-14)3-5-10/h2-5,8,12H,6-7H2,1H3. The van der Waals surface area contributed by atoms with Crippen molar-refractivity contribution in [2.75, 3.05) is 12.8 Å². The highest BCUT2D eigenvalue weighted by molar-refractivity contribution is 7.91. The van der Waals surface area contributed by atoms with E-state index in [0.717, 1.165) is 0 Å². The largest absolute Gasteiger partial charge is 0.325 e. The Morgan fingerprint density at radius 3 is 2.44 bits per heavy atom. The van der Waals surface area contributed by atoms with Crippen molar-refractivity contribution < 1.29 is 18.0 Å². The van der Waals surface area contributed by atoms with Crippen LogP contribution in [0.2, 0.25) is 0 Å². The van der Waals surface area contributed by atoms with Crippen molar-refractivity contribution in [3.05, 3.63) is 35.4 Å². The van der Waals surface area contributed by atoms with Crippen LogP contribution in [0.1, 0.15) is 27.7 Å². The summed E-state index contributed by atoms with van der Waals surface area (Å²) in [6.07, 6.45) is 0.718. The molecule has 0 N–H and O–H groups in total. The summed E-state index contributed by atoms with van der Waals surface area (Å²) < 4.78 is 24.1. The molecule has 0 saturated carbocycles. The molecule has 1 heterocycles. The van der Waals surface area contributed by atoms with Crippen LogP contribution >= 0.6 is 0 Å². The van der Waals surface area contributed by atoms with Crippen LogP contribution in [-0.2, 0) is 14.6 Å². The van der Waals surface area contributed by atoms with Crippen molar-refractivity contribution in [2.45, 2.75) is 11.8 Å². The van der Waals surface area contributed by atoms with Gasteiger partial charge in [-0.2, -0.15) is 0 Å². The minimum absolute atomic E-state index is 0.0295. The lowest BCUT2D eigenvalue weighted by molar-refractivity contribution is -0.130. The van der Waals surface area contributed by atoms with E-state index in [0.29, 0.717) is 17.4 Å². The number of carbonyl (C=O) groups excluding carboxylic acids is 2. The minimum Gasteiger partial charge on any atom is -0.325 e. The normalized spacial score (nSPS) is 22.8. The molecule has 6 heteroatoms. The van der Waals surface area contributed by atoms with Gasteiger partial charge in [0.05, 0.1) is 5.75 Å². The fourth-order valence-corrected chi connectivity index (χ4v) is 3.91. The summed E-state index contributed by atoms with van der Waals surface area (Å²) in [5, 5.41) is -0.945. The Morgan fingerprint density at radius 2 is 1.89 bits per heavy atom. The SMILES string of the molecule is CN1C(=O)CCS(=O)(=O)C1c1ccc(C=O)cc1. The van der Waals surface area contributed by atoms with Gasteiger partial charge in [0.2, 0.25) is 5.91 Å². The molecule has 1 unspecified atom stereocenters. The van der Waals surface area contributed by atoms with Gasteiger partial charge in [-0.05, 0) is 5.56 Å². The predicted molar refractivity (Wildman–Crippen MR) is 65.7 cm³/mol. The third kappa shape index (κ3) is 2.15. The highest BCUT2D eigenvalue weighted by atomic mass is 32.2. The molecule has 0 spiro atoms. The Hall–Kier alpha value is -1.69. The molecule has 18 heavy (non-hydrogen) atoms. The zero-order valence-corrected chi connectivity index (χ0v) is 10.7. The van der Waals surface area contributed by atoms with Crippen molar-refractivity contribution in [1.82, 2.24) is 4.90 Å². The molecular formula is C12H13NO4S. The molecule has 1 aromatic rings. The predicted octanol–water partition coefficient (Wildman–Crippen LogP) is 0.775. The van der Waals surface area contributed by atoms with E-state index >= 15 is 0 Å². The fraction of sp³-hybridized carbons (Fsp3) is 0.333. The molecule has 1 saturated heterocycles. The van der Waals surface area contributed by atoms with Gasteiger partial charge in [0.25, 0.3) is 0 Å². The number of nitrogens with zero attached hydrogens (tertiary/aromatic N) is 1. The zero-order chi connectivity index (χ0) is 13.3. The lowest BCUT2D eigenvalue weighted by Crippen LogP contribution is -2.42. The van der Waals surface area contributed by atoms with Crippen LogP contribution in [0, 0.1) is 0 Å². The van der Waals surface area contributed by atoms with E-state index in [1.807, 2.05) is 0 Å². The molecule has 5 nitrogen and oxygen atoms in total. The maximum absolute atomic E-state index is 12.0. The summed E-state index contributed by atoms with van der Waals surface area (Å²) >= 11 is 0. The van der Waals surface area contributed by atoms with Gasteiger partial charge < -0.3 is 4.90 Å². The molecule has 2 rings (SSSR count). The number of rotatable bonds is 2. The van der Waals surface area contributed by atoms with Gasteiger partial charge in [0.15, 0.2) is 15.2 Å². The van der Waals surface area contributed by atoms with Gasteiger partial charge in [-0.15, -0.1) is 0 Å². The Bertz CT molecular complexity index is 577. The first kappa shape index (κ1) is 12.8. The van der Waals surface area contributed by atoms with Gasteiger partial charge in [0, 0.05) is 19.0 Å². The summed E-state index contributed by atoms with van der Waals surface area (Å²) in [7, 11) is -1.88. The van der Waals surface area contributed by atoms with Crippen molar-refractivity contribution in [2.24, 2.45) is 0 Å². The molecule has 1 aromatic carbocycles. The molecule has 0 aliphatic carbocycles. The summed E-state index contributed by atoms with van der Waals surface area (Å²) in [5.74, 6) is -0.315. The number of aldehydes is 1. The number of hydrogen-bond donors (Lipinski definition) is 0. The first-order valence-corrected chi connectivity index (χ1v) is 7.19. The lowest BCUT2D eigenvalue weighted by Gasteiger charge is -2.32. The van der Waals surface area contributed by atoms with Crippen LogP contribution in [0.4, 0.5) is 0 Å². The smallest absolute Gasteiger partial charge is 0.224 e. The zero-order valence-electron chi connectivity index (χ0n) is 9.87. The first-order chi connectivity index (χ1) is 8.45. The molecule has 1 aliphatic rings. The van der Waals surface area contributed by atoms with E-state index in [1.165, 1.54) is 11.9 Å². The van der Waals surface area contributed by atoms with Crippen molar-refractivity contribution in [1.29, 1.82) is 0 Å². The fourth-order valence-electron chi connectivity index (χ4n) is 2.06. The van der Waals surface area contributed by atoms with E-state index < -0.39 is 15.2 Å². The monoisotopic (exact) mass is 267 g/mol. The van der Waals surface area contributed by atoms with Crippen LogP contribution < -0.4 is 0 Å².